The molecule has 2 radical (unpaired) electrons. The minimum atomic E-state index is -5.17. The zero-order valence-corrected chi connectivity index (χ0v) is 32.2. The maximum absolute atomic E-state index is 8.52. The Morgan fingerprint density at radius 3 is 0.625 bits per heavy atom. The van der Waals surface area contributed by atoms with E-state index in [1.165, 1.54) is 0 Å². The number of nitrogens with zero attached hydrogens (tertiary/aromatic N) is 4. The van der Waals surface area contributed by atoms with E-state index < -0.39 is 20.8 Å². The smallest absolute Gasteiger partial charge is 0.759 e. The Morgan fingerprint density at radius 1 is 0.339 bits per heavy atom. The van der Waals surface area contributed by atoms with Crippen LogP contribution in [0.1, 0.15) is 0 Å². The Labute approximate surface area is 344 Å². The third-order valence-electron chi connectivity index (χ3n) is 6.18. The molecule has 0 bridgehead atoms. The minimum Gasteiger partial charge on any atom is -0.759 e. The quantitative estimate of drug-likeness (QED) is 0.0951. The van der Waals surface area contributed by atoms with Crippen molar-refractivity contribution in [2.45, 2.75) is 0 Å². The molecule has 298 valence electrons. The van der Waals surface area contributed by atoms with Crippen LogP contribution in [0.4, 0.5) is 0 Å². The summed E-state index contributed by atoms with van der Waals surface area (Å²) in [5, 5.41) is 0. The number of hydrogen-bond donors (Lipinski definition) is 4. The van der Waals surface area contributed by atoms with Crippen LogP contribution in [0.25, 0.3) is 45.6 Å². The molecule has 0 spiro atoms. The maximum Gasteiger partial charge on any atom is 2.00 e. The molecule has 0 saturated carbocycles. The SMILES string of the molecule is O=S(=O)([O-])[O-].O=S(=O)([O-])[O-].[Cu+2].[Cu+2].c1ccc(-c2ncc[nH]2)cc1.c1ccc(-c2ncc[nH]2)cc1.c1ccc(-c2ncc[nH]2)cc1.c1ccc(-c2ncc[nH]2)cc1. The molecule has 8 rings (SSSR count). The Balaban J connectivity index is 0.000000343. The van der Waals surface area contributed by atoms with Crippen molar-refractivity contribution in [1.29, 1.82) is 0 Å². The third-order valence-corrected chi connectivity index (χ3v) is 6.18. The van der Waals surface area contributed by atoms with Gasteiger partial charge in [0.05, 0.1) is 0 Å². The molecule has 0 aliphatic heterocycles. The van der Waals surface area contributed by atoms with E-state index in [4.69, 9.17) is 35.0 Å². The fourth-order valence-corrected chi connectivity index (χ4v) is 4.08. The molecule has 0 amide bonds. The van der Waals surface area contributed by atoms with Gasteiger partial charge >= 0.3 is 34.1 Å². The van der Waals surface area contributed by atoms with Gasteiger partial charge in [-0.25, -0.2) is 19.9 Å². The third kappa shape index (κ3) is 22.0. The first kappa shape index (κ1) is 48.5. The monoisotopic (exact) mass is 894 g/mol. The van der Waals surface area contributed by atoms with E-state index >= 15 is 0 Å². The predicted octanol–water partition coefficient (Wildman–Crippen LogP) is 5.63. The molecule has 0 aliphatic rings. The van der Waals surface area contributed by atoms with Gasteiger partial charge in [-0.15, -0.1) is 0 Å². The van der Waals surface area contributed by atoms with E-state index in [9.17, 15) is 0 Å². The predicted molar refractivity (Wildman–Crippen MR) is 197 cm³/mol. The van der Waals surface area contributed by atoms with Gasteiger partial charge in [0.1, 0.15) is 23.3 Å². The number of aromatic nitrogens is 8. The summed E-state index contributed by atoms with van der Waals surface area (Å²) >= 11 is 0. The molecule has 4 aromatic heterocycles. The fraction of sp³-hybridized carbons (Fsp3) is 0. The molecular weight excluding hydrogens is 864 g/mol. The van der Waals surface area contributed by atoms with E-state index in [0.717, 1.165) is 45.6 Å². The standard InChI is InChI=1S/4C9H8N2.2Cu.2H2O4S/c4*1-2-4-8(5-3-1)9-10-6-7-11-9;;;2*1-5(2,3)4/h4*1-7H,(H,10,11);;;2*(H2,1,2,3,4)/q;;;;2*+2;;/p-4. The summed E-state index contributed by atoms with van der Waals surface area (Å²) < 4.78 is 68.2. The number of hydrogen-bond acceptors (Lipinski definition) is 12. The summed E-state index contributed by atoms with van der Waals surface area (Å²) in [6.45, 7) is 0. The number of nitrogens with one attached hydrogen (secondary N) is 4. The van der Waals surface area contributed by atoms with Crippen LogP contribution in [-0.2, 0) is 54.9 Å². The first-order chi connectivity index (χ1) is 25.9. The molecule has 4 heterocycles. The van der Waals surface area contributed by atoms with Gasteiger partial charge < -0.3 is 38.1 Å². The summed E-state index contributed by atoms with van der Waals surface area (Å²) in [5.41, 5.74) is 4.49. The maximum atomic E-state index is 8.52. The van der Waals surface area contributed by atoms with Crippen LogP contribution in [0.3, 0.4) is 0 Å². The second-order valence-corrected chi connectivity index (χ2v) is 11.7. The molecule has 0 aliphatic carbocycles. The summed E-state index contributed by atoms with van der Waals surface area (Å²) in [4.78, 5) is 28.7. The summed E-state index contributed by atoms with van der Waals surface area (Å²) in [7, 11) is -10.3. The van der Waals surface area contributed by atoms with Gasteiger partial charge in [0.2, 0.25) is 0 Å². The largest absolute Gasteiger partial charge is 2.00 e. The number of aromatic amines is 4. The Morgan fingerprint density at radius 2 is 0.500 bits per heavy atom. The Kier molecular flexibility index (Phi) is 22.8. The average molecular weight is 896 g/mol. The van der Waals surface area contributed by atoms with Crippen molar-refractivity contribution in [3.63, 3.8) is 0 Å². The van der Waals surface area contributed by atoms with Crippen LogP contribution < -0.4 is 0 Å². The van der Waals surface area contributed by atoms with E-state index in [1.54, 1.807) is 24.8 Å². The molecule has 20 heteroatoms. The molecule has 56 heavy (non-hydrogen) atoms. The van der Waals surface area contributed by atoms with Crippen LogP contribution >= 0.6 is 0 Å². The molecule has 0 unspecified atom stereocenters. The summed E-state index contributed by atoms with van der Waals surface area (Å²) in [5.74, 6) is 3.69. The van der Waals surface area contributed by atoms with Gasteiger partial charge in [0.15, 0.2) is 0 Å². The van der Waals surface area contributed by atoms with Crippen LogP contribution in [0.2, 0.25) is 0 Å². The second-order valence-electron chi connectivity index (χ2n) is 10.0. The summed E-state index contributed by atoms with van der Waals surface area (Å²) in [6, 6.07) is 40.2. The zero-order valence-electron chi connectivity index (χ0n) is 28.6. The van der Waals surface area contributed by atoms with Crippen LogP contribution in [-0.4, -0.2) is 74.9 Å². The topological polar surface area (TPSA) is 275 Å². The van der Waals surface area contributed by atoms with Gasteiger partial charge in [-0.3, -0.25) is 16.8 Å². The first-order valence-corrected chi connectivity index (χ1v) is 18.1. The molecule has 8 aromatic rings. The molecular formula is C36H32Cu2N8O8S2. The van der Waals surface area contributed by atoms with Crippen molar-refractivity contribution < 1.29 is 69.2 Å². The molecule has 4 N–H and O–H groups in total. The van der Waals surface area contributed by atoms with E-state index in [2.05, 4.69) is 39.9 Å². The zero-order chi connectivity index (χ0) is 39.1. The van der Waals surface area contributed by atoms with E-state index in [0.29, 0.717) is 0 Å². The normalized spacial score (nSPS) is 9.79. The number of H-pyrrole nitrogens is 4. The second kappa shape index (κ2) is 26.3. The van der Waals surface area contributed by atoms with Gasteiger partial charge in [-0.2, -0.15) is 0 Å². The van der Waals surface area contributed by atoms with Gasteiger partial charge in [0, 0.05) is 92.6 Å². The molecule has 0 fully saturated rings. The fourth-order valence-electron chi connectivity index (χ4n) is 4.08. The number of rotatable bonds is 4. The van der Waals surface area contributed by atoms with E-state index in [1.807, 2.05) is 146 Å². The molecule has 0 saturated heterocycles. The van der Waals surface area contributed by atoms with Crippen LogP contribution in [0.15, 0.2) is 171 Å². The van der Waals surface area contributed by atoms with Crippen molar-refractivity contribution >= 4 is 20.8 Å². The Hall–Kier alpha value is -5.50. The van der Waals surface area contributed by atoms with E-state index in [-0.39, 0.29) is 34.1 Å². The molecule has 4 aromatic carbocycles. The minimum absolute atomic E-state index is 0. The summed E-state index contributed by atoms with van der Waals surface area (Å²) in [6.07, 6.45) is 14.3. The van der Waals surface area contributed by atoms with Crippen molar-refractivity contribution in [2.24, 2.45) is 0 Å². The van der Waals surface area contributed by atoms with Crippen molar-refractivity contribution in [3.8, 4) is 45.6 Å². The van der Waals surface area contributed by atoms with Gasteiger partial charge in [-0.05, 0) is 0 Å². The van der Waals surface area contributed by atoms with Crippen molar-refractivity contribution in [2.75, 3.05) is 0 Å². The van der Waals surface area contributed by atoms with Crippen LogP contribution in [0.5, 0.6) is 0 Å². The molecule has 0 atom stereocenters. The number of imidazole rings is 4. The van der Waals surface area contributed by atoms with Crippen molar-refractivity contribution in [1.82, 2.24) is 39.9 Å². The van der Waals surface area contributed by atoms with Crippen molar-refractivity contribution in [3.05, 3.63) is 171 Å². The number of benzene rings is 4. The van der Waals surface area contributed by atoms with Gasteiger partial charge in [0.25, 0.3) is 0 Å². The first-order valence-electron chi connectivity index (χ1n) is 15.4. The van der Waals surface area contributed by atoms with Crippen LogP contribution in [0, 0.1) is 0 Å². The Bertz CT molecular complexity index is 2000. The molecule has 16 nitrogen and oxygen atoms in total. The van der Waals surface area contributed by atoms with Gasteiger partial charge in [-0.1, -0.05) is 121 Å². The average Bonchev–Trinajstić information content (AvgIpc) is 4.01.